The van der Waals surface area contributed by atoms with Gasteiger partial charge in [0.25, 0.3) is 0 Å². The summed E-state index contributed by atoms with van der Waals surface area (Å²) in [6.07, 6.45) is 0. The van der Waals surface area contributed by atoms with E-state index in [2.05, 4.69) is 59.8 Å². The van der Waals surface area contributed by atoms with Crippen LogP contribution >= 0.6 is 33.9 Å². The molecule has 0 saturated heterocycles. The Morgan fingerprint density at radius 3 is 2.67 bits per heavy atom. The highest BCUT2D eigenvalue weighted by Crippen LogP contribution is 2.31. The van der Waals surface area contributed by atoms with Crippen LogP contribution < -0.4 is 10.5 Å². The summed E-state index contributed by atoms with van der Waals surface area (Å²) >= 11 is 3.71. The second-order valence-electron chi connectivity index (χ2n) is 5.65. The van der Waals surface area contributed by atoms with E-state index in [0.717, 1.165) is 14.3 Å². The molecule has 110 valence electrons. The van der Waals surface area contributed by atoms with Gasteiger partial charge in [-0.3, -0.25) is 0 Å². The molecule has 0 radical (unpaired) electrons. The number of rotatable bonds is 3. The van der Waals surface area contributed by atoms with E-state index >= 15 is 0 Å². The number of benzene rings is 1. The summed E-state index contributed by atoms with van der Waals surface area (Å²) in [4.78, 5) is 4.59. The van der Waals surface area contributed by atoms with Crippen molar-refractivity contribution < 1.29 is 4.74 Å². The molecule has 1 heterocycles. The number of nitrogen functional groups attached to an aromatic ring is 1. The smallest absolute Gasteiger partial charge is 0.156 e. The van der Waals surface area contributed by atoms with Crippen molar-refractivity contribution in [2.45, 2.75) is 32.8 Å². The summed E-state index contributed by atoms with van der Waals surface area (Å²) in [5.41, 5.74) is 8.05. The standard InChI is InChI=1S/C15H16IN3OS/c1-15(2,3)12-8-21-13(19-12)7-20-14-10(16)4-9(6-17)5-11(14)18/h4-5,8H,7,18H2,1-3H3. The van der Waals surface area contributed by atoms with Crippen molar-refractivity contribution in [3.63, 3.8) is 0 Å². The molecule has 1 aromatic heterocycles. The lowest BCUT2D eigenvalue weighted by atomic mass is 9.93. The molecule has 1 aromatic carbocycles. The Hall–Kier alpha value is -1.33. The molecule has 0 aliphatic heterocycles. The number of ether oxygens (including phenoxy) is 1. The fraction of sp³-hybridized carbons (Fsp3) is 0.333. The van der Waals surface area contributed by atoms with E-state index in [1.54, 1.807) is 23.5 Å². The summed E-state index contributed by atoms with van der Waals surface area (Å²) < 4.78 is 6.62. The molecule has 0 bridgehead atoms. The van der Waals surface area contributed by atoms with Crippen molar-refractivity contribution in [2.24, 2.45) is 0 Å². The summed E-state index contributed by atoms with van der Waals surface area (Å²) in [7, 11) is 0. The van der Waals surface area contributed by atoms with Crippen molar-refractivity contribution in [1.82, 2.24) is 4.98 Å². The Morgan fingerprint density at radius 1 is 1.43 bits per heavy atom. The average Bonchev–Trinajstić information content (AvgIpc) is 2.86. The number of hydrogen-bond acceptors (Lipinski definition) is 5. The molecule has 0 amide bonds. The molecule has 2 N–H and O–H groups in total. The fourth-order valence-corrected chi connectivity index (χ4v) is 3.42. The third-order valence-corrected chi connectivity index (χ3v) is 4.49. The molecule has 6 heteroatoms. The Morgan fingerprint density at radius 2 is 2.14 bits per heavy atom. The zero-order valence-electron chi connectivity index (χ0n) is 12.1. The van der Waals surface area contributed by atoms with E-state index in [4.69, 9.17) is 15.7 Å². The van der Waals surface area contributed by atoms with Crippen molar-refractivity contribution in [3.8, 4) is 11.8 Å². The average molecular weight is 413 g/mol. The van der Waals surface area contributed by atoms with Crippen molar-refractivity contribution >= 4 is 39.6 Å². The van der Waals surface area contributed by atoms with Gasteiger partial charge in [0.05, 0.1) is 26.6 Å². The van der Waals surface area contributed by atoms with Gasteiger partial charge >= 0.3 is 0 Å². The summed E-state index contributed by atoms with van der Waals surface area (Å²) in [5.74, 6) is 0.613. The van der Waals surface area contributed by atoms with Gasteiger partial charge in [-0.1, -0.05) is 20.8 Å². The van der Waals surface area contributed by atoms with Crippen molar-refractivity contribution in [1.29, 1.82) is 5.26 Å². The van der Waals surface area contributed by atoms with E-state index in [-0.39, 0.29) is 5.41 Å². The molecule has 21 heavy (non-hydrogen) atoms. The Labute approximate surface area is 142 Å². The predicted molar refractivity (Wildman–Crippen MR) is 93.4 cm³/mol. The number of nitrogens with two attached hydrogens (primary N) is 1. The lowest BCUT2D eigenvalue weighted by Crippen LogP contribution is -2.11. The van der Waals surface area contributed by atoms with Gasteiger partial charge in [0, 0.05) is 10.8 Å². The highest BCUT2D eigenvalue weighted by molar-refractivity contribution is 14.1. The molecule has 0 aliphatic rings. The monoisotopic (exact) mass is 413 g/mol. The first-order chi connectivity index (χ1) is 9.81. The van der Waals surface area contributed by atoms with Crippen LogP contribution in [0.5, 0.6) is 5.75 Å². The normalized spacial score (nSPS) is 11.2. The van der Waals surface area contributed by atoms with Gasteiger partial charge in [0.2, 0.25) is 0 Å². The van der Waals surface area contributed by atoms with Gasteiger partial charge in [0.1, 0.15) is 11.6 Å². The van der Waals surface area contributed by atoms with Gasteiger partial charge in [-0.25, -0.2) is 4.98 Å². The van der Waals surface area contributed by atoms with Crippen LogP contribution in [0.4, 0.5) is 5.69 Å². The molecule has 0 saturated carbocycles. The number of anilines is 1. The third kappa shape index (κ3) is 3.86. The Balaban J connectivity index is 2.14. The number of nitrogens with zero attached hydrogens (tertiary/aromatic N) is 2. The number of halogens is 1. The second-order valence-corrected chi connectivity index (χ2v) is 7.76. The van der Waals surface area contributed by atoms with Crippen LogP contribution in [-0.4, -0.2) is 4.98 Å². The number of hydrogen-bond donors (Lipinski definition) is 1. The van der Waals surface area contributed by atoms with Crippen LogP contribution in [0.3, 0.4) is 0 Å². The molecule has 2 aromatic rings. The molecular weight excluding hydrogens is 397 g/mol. The predicted octanol–water partition coefficient (Wildman–Crippen LogP) is 4.08. The van der Waals surface area contributed by atoms with Crippen molar-refractivity contribution in [2.75, 3.05) is 5.73 Å². The molecule has 0 aliphatic carbocycles. The van der Waals surface area contributed by atoms with E-state index in [1.807, 2.05) is 0 Å². The topological polar surface area (TPSA) is 71.9 Å². The molecular formula is C15H16IN3OS. The maximum Gasteiger partial charge on any atom is 0.156 e. The van der Waals surface area contributed by atoms with Crippen LogP contribution in [-0.2, 0) is 12.0 Å². The summed E-state index contributed by atoms with van der Waals surface area (Å²) in [6.45, 7) is 6.78. The first-order valence-electron chi connectivity index (χ1n) is 6.38. The van der Waals surface area contributed by atoms with Crippen LogP contribution in [0, 0.1) is 14.9 Å². The second kappa shape index (κ2) is 6.20. The SMILES string of the molecule is CC(C)(C)c1csc(COc2c(N)cc(C#N)cc2I)n1. The Bertz CT molecular complexity index is 675. The van der Waals surface area contributed by atoms with Gasteiger partial charge in [0.15, 0.2) is 5.75 Å². The van der Waals surface area contributed by atoms with Gasteiger partial charge < -0.3 is 10.5 Å². The lowest BCUT2D eigenvalue weighted by molar-refractivity contribution is 0.304. The quantitative estimate of drug-likeness (QED) is 0.608. The van der Waals surface area contributed by atoms with E-state index in [1.165, 1.54) is 0 Å². The molecule has 2 rings (SSSR count). The molecule has 0 spiro atoms. The zero-order valence-corrected chi connectivity index (χ0v) is 15.1. The summed E-state index contributed by atoms with van der Waals surface area (Å²) in [6, 6.07) is 5.46. The molecule has 4 nitrogen and oxygen atoms in total. The molecule has 0 unspecified atom stereocenters. The number of nitriles is 1. The van der Waals surface area contributed by atoms with Gasteiger partial charge in [-0.05, 0) is 34.7 Å². The van der Waals surface area contributed by atoms with Gasteiger partial charge in [-0.2, -0.15) is 5.26 Å². The maximum atomic E-state index is 8.91. The zero-order chi connectivity index (χ0) is 15.6. The minimum absolute atomic E-state index is 0.0383. The highest BCUT2D eigenvalue weighted by Gasteiger charge is 2.18. The molecule has 0 atom stereocenters. The Kier molecular flexibility index (Phi) is 4.74. The van der Waals surface area contributed by atoms with E-state index in [0.29, 0.717) is 23.6 Å². The van der Waals surface area contributed by atoms with Crippen molar-refractivity contribution in [3.05, 3.63) is 37.3 Å². The van der Waals surface area contributed by atoms with Crippen LogP contribution in [0.1, 0.15) is 37.0 Å². The lowest BCUT2D eigenvalue weighted by Gasteiger charge is -2.14. The number of aromatic nitrogens is 1. The first kappa shape index (κ1) is 16.0. The largest absolute Gasteiger partial charge is 0.483 e. The first-order valence-corrected chi connectivity index (χ1v) is 8.34. The maximum absolute atomic E-state index is 8.91. The summed E-state index contributed by atoms with van der Waals surface area (Å²) in [5, 5.41) is 11.9. The van der Waals surface area contributed by atoms with Crippen LogP contribution in [0.2, 0.25) is 0 Å². The third-order valence-electron chi connectivity index (χ3n) is 2.86. The number of thiazole rings is 1. The van der Waals surface area contributed by atoms with E-state index in [9.17, 15) is 0 Å². The van der Waals surface area contributed by atoms with Crippen LogP contribution in [0.15, 0.2) is 17.5 Å². The van der Waals surface area contributed by atoms with Gasteiger partial charge in [-0.15, -0.1) is 11.3 Å². The molecule has 0 fully saturated rings. The minimum Gasteiger partial charge on any atom is -0.483 e. The van der Waals surface area contributed by atoms with E-state index < -0.39 is 0 Å². The fourth-order valence-electron chi connectivity index (χ4n) is 1.69. The highest BCUT2D eigenvalue weighted by atomic mass is 127. The van der Waals surface area contributed by atoms with Crippen LogP contribution in [0.25, 0.3) is 0 Å². The minimum atomic E-state index is 0.0383.